The Bertz CT molecular complexity index is 398. The number of nitrogens with zero attached hydrogens (tertiary/aromatic N) is 2. The van der Waals surface area contributed by atoms with E-state index in [9.17, 15) is 0 Å². The topological polar surface area (TPSA) is 70.3 Å². The molecule has 0 spiro atoms. The zero-order valence-electron chi connectivity index (χ0n) is 11.7. The molecule has 1 fully saturated rings. The van der Waals surface area contributed by atoms with E-state index in [0.29, 0.717) is 11.9 Å². The molecule has 0 radical (unpaired) electrons. The Hall–Kier alpha value is -1.36. The summed E-state index contributed by atoms with van der Waals surface area (Å²) in [5, 5.41) is 0. The van der Waals surface area contributed by atoms with E-state index in [0.717, 1.165) is 19.3 Å². The fourth-order valence-electron chi connectivity index (χ4n) is 2.27. The predicted molar refractivity (Wildman–Crippen MR) is 73.3 cm³/mol. The molecule has 0 aromatic carbocycles. The smallest absolute Gasteiger partial charge is 0.320 e. The molecule has 0 aliphatic heterocycles. The first-order valence-corrected chi connectivity index (χ1v) is 7.07. The summed E-state index contributed by atoms with van der Waals surface area (Å²) in [4.78, 5) is 8.40. The van der Waals surface area contributed by atoms with Gasteiger partial charge in [-0.3, -0.25) is 0 Å². The highest BCUT2D eigenvalue weighted by molar-refractivity contribution is 5.11. The molecule has 0 bridgehead atoms. The van der Waals surface area contributed by atoms with Crippen LogP contribution in [-0.2, 0) is 0 Å². The minimum absolute atomic E-state index is 0.0109. The molecule has 2 atom stereocenters. The Kier molecular flexibility index (Phi) is 4.96. The Morgan fingerprint density at radius 1 is 1.26 bits per heavy atom. The van der Waals surface area contributed by atoms with Crippen molar-refractivity contribution in [1.82, 2.24) is 9.97 Å². The Balaban J connectivity index is 2.01. The second kappa shape index (κ2) is 6.70. The molecule has 1 heterocycles. The van der Waals surface area contributed by atoms with Crippen LogP contribution in [0.4, 0.5) is 0 Å². The van der Waals surface area contributed by atoms with Crippen LogP contribution in [0, 0.1) is 0 Å². The van der Waals surface area contributed by atoms with Gasteiger partial charge in [0.25, 0.3) is 0 Å². The third-order valence-corrected chi connectivity index (χ3v) is 3.22. The van der Waals surface area contributed by atoms with E-state index in [1.165, 1.54) is 12.8 Å². The van der Waals surface area contributed by atoms with Gasteiger partial charge in [0.1, 0.15) is 6.10 Å². The molecule has 2 unspecified atom stereocenters. The van der Waals surface area contributed by atoms with Crippen molar-refractivity contribution >= 4 is 0 Å². The molecular weight excluding hydrogens is 242 g/mol. The summed E-state index contributed by atoms with van der Waals surface area (Å²) in [6.45, 7) is 3.92. The van der Waals surface area contributed by atoms with Crippen LogP contribution in [0.15, 0.2) is 12.3 Å². The Morgan fingerprint density at radius 3 is 2.84 bits per heavy atom. The first kappa shape index (κ1) is 14.1. The van der Waals surface area contributed by atoms with Crippen LogP contribution in [-0.4, -0.2) is 28.2 Å². The van der Waals surface area contributed by atoms with Crippen LogP contribution in [0.1, 0.15) is 46.0 Å². The Labute approximate surface area is 114 Å². The lowest BCUT2D eigenvalue weighted by Gasteiger charge is -2.21. The highest BCUT2D eigenvalue weighted by atomic mass is 16.5. The number of nitrogens with two attached hydrogens (primary N) is 1. The lowest BCUT2D eigenvalue weighted by Crippen LogP contribution is -2.38. The zero-order chi connectivity index (χ0) is 13.7. The van der Waals surface area contributed by atoms with Gasteiger partial charge in [0.05, 0.1) is 6.10 Å². The highest BCUT2D eigenvalue weighted by Crippen LogP contribution is 2.21. The van der Waals surface area contributed by atoms with Crippen molar-refractivity contribution in [2.75, 3.05) is 0 Å². The second-order valence-electron chi connectivity index (χ2n) is 5.30. The molecule has 5 heteroatoms. The van der Waals surface area contributed by atoms with Gasteiger partial charge in [-0.25, -0.2) is 4.98 Å². The van der Waals surface area contributed by atoms with E-state index in [1.54, 1.807) is 12.3 Å². The minimum atomic E-state index is 0.0109. The summed E-state index contributed by atoms with van der Waals surface area (Å²) >= 11 is 0. The molecule has 2 N–H and O–H groups in total. The normalized spacial score (nSPS) is 24.0. The quantitative estimate of drug-likeness (QED) is 0.846. The van der Waals surface area contributed by atoms with E-state index < -0.39 is 0 Å². The van der Waals surface area contributed by atoms with E-state index in [-0.39, 0.29) is 18.2 Å². The average Bonchev–Trinajstić information content (AvgIpc) is 2.55. The maximum atomic E-state index is 6.13. The van der Waals surface area contributed by atoms with Gasteiger partial charge >= 0.3 is 6.01 Å². The second-order valence-corrected chi connectivity index (χ2v) is 5.30. The van der Waals surface area contributed by atoms with Gasteiger partial charge in [-0.05, 0) is 33.1 Å². The van der Waals surface area contributed by atoms with Gasteiger partial charge in [0.15, 0.2) is 0 Å². The minimum Gasteiger partial charge on any atom is -0.475 e. The predicted octanol–water partition coefficient (Wildman–Crippen LogP) is 2.30. The van der Waals surface area contributed by atoms with Crippen molar-refractivity contribution in [2.45, 2.75) is 64.2 Å². The number of aromatic nitrogens is 2. The molecule has 1 aromatic rings. The molecule has 1 aliphatic rings. The molecule has 0 amide bonds. The van der Waals surface area contributed by atoms with Crippen LogP contribution in [0.25, 0.3) is 0 Å². The molecule has 2 rings (SSSR count). The van der Waals surface area contributed by atoms with Crippen molar-refractivity contribution in [1.29, 1.82) is 0 Å². The van der Waals surface area contributed by atoms with Crippen molar-refractivity contribution in [3.8, 4) is 11.9 Å². The van der Waals surface area contributed by atoms with Crippen LogP contribution >= 0.6 is 0 Å². The van der Waals surface area contributed by atoms with E-state index in [1.807, 2.05) is 13.8 Å². The molecule has 1 saturated carbocycles. The van der Waals surface area contributed by atoms with E-state index >= 15 is 0 Å². The summed E-state index contributed by atoms with van der Waals surface area (Å²) in [7, 11) is 0. The SMILES string of the molecule is CC(C)Oc1ccnc(OC2CCCCCC2N)n1. The zero-order valence-corrected chi connectivity index (χ0v) is 11.7. The average molecular weight is 265 g/mol. The van der Waals surface area contributed by atoms with Gasteiger partial charge < -0.3 is 15.2 Å². The standard InChI is InChI=1S/C14H23N3O2/c1-10(2)18-13-8-9-16-14(17-13)19-12-7-5-3-4-6-11(12)15/h8-12H,3-7,15H2,1-2H3. The van der Waals surface area contributed by atoms with Gasteiger partial charge in [-0.1, -0.05) is 12.8 Å². The van der Waals surface area contributed by atoms with Gasteiger partial charge in [-0.2, -0.15) is 4.98 Å². The third-order valence-electron chi connectivity index (χ3n) is 3.22. The molecular formula is C14H23N3O2. The van der Waals surface area contributed by atoms with Crippen LogP contribution in [0.5, 0.6) is 11.9 Å². The number of hydrogen-bond acceptors (Lipinski definition) is 5. The summed E-state index contributed by atoms with van der Waals surface area (Å²) in [5.74, 6) is 0.544. The number of rotatable bonds is 4. The van der Waals surface area contributed by atoms with Crippen molar-refractivity contribution in [3.63, 3.8) is 0 Å². The molecule has 5 nitrogen and oxygen atoms in total. The largest absolute Gasteiger partial charge is 0.475 e. The lowest BCUT2D eigenvalue weighted by atomic mass is 10.1. The first-order valence-electron chi connectivity index (χ1n) is 7.07. The maximum absolute atomic E-state index is 6.13. The van der Waals surface area contributed by atoms with E-state index in [2.05, 4.69) is 9.97 Å². The molecule has 1 aromatic heterocycles. The number of ether oxygens (including phenoxy) is 2. The van der Waals surface area contributed by atoms with Crippen molar-refractivity contribution < 1.29 is 9.47 Å². The van der Waals surface area contributed by atoms with Gasteiger partial charge in [0.2, 0.25) is 5.88 Å². The summed E-state index contributed by atoms with van der Waals surface area (Å²) in [6, 6.07) is 2.17. The molecule has 1 aliphatic carbocycles. The molecule has 19 heavy (non-hydrogen) atoms. The van der Waals surface area contributed by atoms with Crippen molar-refractivity contribution in [2.24, 2.45) is 5.73 Å². The monoisotopic (exact) mass is 265 g/mol. The molecule has 0 saturated heterocycles. The summed E-state index contributed by atoms with van der Waals surface area (Å²) in [5.41, 5.74) is 6.13. The van der Waals surface area contributed by atoms with Gasteiger partial charge in [-0.15, -0.1) is 0 Å². The lowest BCUT2D eigenvalue weighted by molar-refractivity contribution is 0.144. The Morgan fingerprint density at radius 2 is 2.05 bits per heavy atom. The summed E-state index contributed by atoms with van der Waals surface area (Å²) in [6.07, 6.45) is 7.29. The third kappa shape index (κ3) is 4.35. The fourth-order valence-corrected chi connectivity index (χ4v) is 2.27. The van der Waals surface area contributed by atoms with Crippen LogP contribution in [0.2, 0.25) is 0 Å². The fraction of sp³-hybridized carbons (Fsp3) is 0.714. The molecule has 106 valence electrons. The highest BCUT2D eigenvalue weighted by Gasteiger charge is 2.23. The summed E-state index contributed by atoms with van der Waals surface area (Å²) < 4.78 is 11.4. The number of hydrogen-bond donors (Lipinski definition) is 1. The van der Waals surface area contributed by atoms with E-state index in [4.69, 9.17) is 15.2 Å². The van der Waals surface area contributed by atoms with Crippen LogP contribution in [0.3, 0.4) is 0 Å². The van der Waals surface area contributed by atoms with Crippen LogP contribution < -0.4 is 15.2 Å². The first-order chi connectivity index (χ1) is 9.15. The van der Waals surface area contributed by atoms with Crippen molar-refractivity contribution in [3.05, 3.63) is 12.3 Å². The van der Waals surface area contributed by atoms with Gasteiger partial charge in [0, 0.05) is 18.3 Å². The maximum Gasteiger partial charge on any atom is 0.320 e.